The number of rotatable bonds is 4. The van der Waals surface area contributed by atoms with Crippen molar-refractivity contribution < 1.29 is 60.0 Å². The fourth-order valence-electron chi connectivity index (χ4n) is 19.8. The Kier molecular flexibility index (Phi) is 1.25. The van der Waals surface area contributed by atoms with Crippen molar-refractivity contribution in [2.45, 2.75) is 47.2 Å². The first-order valence-corrected chi connectivity index (χ1v) is 17.6. The summed E-state index contributed by atoms with van der Waals surface area (Å²) in [4.78, 5) is 25.6. The molecule has 8 atom stereocenters. The molecule has 10 heterocycles. The quantitative estimate of drug-likeness (QED) is 0.127. The molecule has 0 bridgehead atoms. The molecule has 0 saturated carbocycles. The van der Waals surface area contributed by atoms with Gasteiger partial charge in [-0.05, 0) is 0 Å². The summed E-state index contributed by atoms with van der Waals surface area (Å²) in [5.41, 5.74) is -3.11. The third-order valence-corrected chi connectivity index (χ3v) is 61.0. The van der Waals surface area contributed by atoms with E-state index in [0.717, 1.165) is 0 Å². The van der Waals surface area contributed by atoms with Gasteiger partial charge in [-0.25, -0.2) is 0 Å². The first-order chi connectivity index (χ1) is 17.1. The molecule has 12 rings (SSSR count). The monoisotopic (exact) mass is 574 g/mol. The van der Waals surface area contributed by atoms with Crippen LogP contribution in [-0.2, 0) is 6.51 Å². The minimum absolute atomic E-state index is 0.112. The Morgan fingerprint density at radius 2 is 0.649 bits per heavy atom. The molecule has 2 aromatic rings. The third-order valence-electron chi connectivity index (χ3n) is 18.4. The zero-order valence-corrected chi connectivity index (χ0v) is 18.7. The second-order valence-corrected chi connectivity index (χ2v) is 37.5. The molecule has 2 aromatic carbocycles. The molecule has 10 aliphatic heterocycles. The summed E-state index contributed by atoms with van der Waals surface area (Å²) < 4.78 is 139. The summed E-state index contributed by atoms with van der Waals surface area (Å²) in [6, 6.07) is 0. The van der Waals surface area contributed by atoms with Crippen molar-refractivity contribution in [1.82, 2.24) is 0 Å². The zero-order chi connectivity index (χ0) is 26.0. The van der Waals surface area contributed by atoms with Gasteiger partial charge in [0.25, 0.3) is 0 Å². The van der Waals surface area contributed by atoms with E-state index in [2.05, 4.69) is 0 Å². The van der Waals surface area contributed by atoms with Crippen molar-refractivity contribution in [3.05, 3.63) is 69.3 Å². The van der Waals surface area contributed by atoms with E-state index in [1.54, 1.807) is 0 Å². The van der Waals surface area contributed by atoms with E-state index < -0.39 is 115 Å². The number of ketones is 2. The predicted octanol–water partition coefficient (Wildman–Crippen LogP) is 7.27. The van der Waals surface area contributed by atoms with E-state index in [1.807, 2.05) is 0 Å². The first-order valence-electron chi connectivity index (χ1n) is 11.4. The fraction of sp³-hybridized carbons (Fsp3) is 0.417. The molecule has 10 aliphatic rings. The fourth-order valence-corrected chi connectivity index (χ4v) is 95.1. The number of halogens is 10. The SMILES string of the molecule is O=C(c1c(F)c(F)c(F)c(F)c1F)[C]12[CH]3[CH]4[CH]5[CH]1[Fe]45321678[CH]2[CH]1[CH]6[C]7(C(=O)c1c(F)c(F)c(F)c(F)c1F)[CH]28. The molecule has 0 amide bonds. The van der Waals surface area contributed by atoms with Gasteiger partial charge < -0.3 is 0 Å². The molecular weight excluding hydrogens is 566 g/mol. The molecule has 0 N–H and O–H groups in total. The van der Waals surface area contributed by atoms with Gasteiger partial charge in [-0.15, -0.1) is 0 Å². The number of carbonyl (C=O) groups excluding carboxylic acids is 2. The van der Waals surface area contributed by atoms with E-state index >= 15 is 0 Å². The van der Waals surface area contributed by atoms with Crippen LogP contribution in [0.4, 0.5) is 43.9 Å². The van der Waals surface area contributed by atoms with E-state index in [-0.39, 0.29) is 19.3 Å². The summed E-state index contributed by atoms with van der Waals surface area (Å²) in [6.07, 6.45) is 0. The van der Waals surface area contributed by atoms with Crippen LogP contribution in [0.15, 0.2) is 0 Å². The Morgan fingerprint density at radius 3 is 0.865 bits per heavy atom. The van der Waals surface area contributed by atoms with Crippen molar-refractivity contribution in [3.63, 3.8) is 0 Å². The van der Waals surface area contributed by atoms with Crippen LogP contribution < -0.4 is 0 Å². The number of carbonyl (C=O) groups is 2. The summed E-state index contributed by atoms with van der Waals surface area (Å²) in [7, 11) is 0. The average molecular weight is 574 g/mol. The van der Waals surface area contributed by atoms with Crippen LogP contribution in [0.25, 0.3) is 0 Å². The second-order valence-electron chi connectivity index (χ2n) is 14.3. The minimum atomic E-state index is -5.70. The number of fused-ring (bicyclic) bond motifs is 10. The Balaban J connectivity index is 1.14. The van der Waals surface area contributed by atoms with Crippen LogP contribution in [0.3, 0.4) is 0 Å². The first kappa shape index (κ1) is 18.8. The van der Waals surface area contributed by atoms with Gasteiger partial charge in [0.05, 0.1) is 0 Å². The maximum atomic E-state index is 14.7. The Labute approximate surface area is 188 Å². The summed E-state index contributed by atoms with van der Waals surface area (Å²) >= 11 is 0. The molecule has 2 nitrogen and oxygen atoms in total. The van der Waals surface area contributed by atoms with Gasteiger partial charge in [0, 0.05) is 0 Å². The van der Waals surface area contributed by atoms with Gasteiger partial charge >= 0.3 is 188 Å². The predicted molar refractivity (Wildman–Crippen MR) is 96.5 cm³/mol. The third kappa shape index (κ3) is 0.395. The molecule has 0 radical (unpaired) electrons. The molecule has 8 unspecified atom stereocenters. The average Bonchev–Trinajstić information content (AvgIpc) is 3.82. The summed E-state index contributed by atoms with van der Waals surface area (Å²) in [6.45, 7) is -5.70. The van der Waals surface area contributed by atoms with E-state index in [9.17, 15) is 53.5 Å². The molecule has 10 fully saturated rings. The molecule has 13 heteroatoms. The van der Waals surface area contributed by atoms with Gasteiger partial charge in [0.2, 0.25) is 0 Å². The molecule has 10 saturated heterocycles. The van der Waals surface area contributed by atoms with E-state index in [0.29, 0.717) is 0 Å². The van der Waals surface area contributed by atoms with Crippen LogP contribution in [0.2, 0.25) is 47.2 Å². The Morgan fingerprint density at radius 1 is 0.432 bits per heavy atom. The van der Waals surface area contributed by atoms with Crippen LogP contribution in [0, 0.1) is 58.2 Å². The maximum absolute atomic E-state index is 14.7. The molecular formula is C24H8F10FeO2. The topological polar surface area (TPSA) is 34.1 Å². The standard InChI is InChI=1S/2C12H4F5O.Fe/c2*13-7-6(12(18)5-3-1-2-4-5)8(14)10(16)11(17)9(7)15;/h2*1-4H;. The second kappa shape index (κ2) is 2.46. The zero-order valence-electron chi connectivity index (χ0n) is 17.6. The van der Waals surface area contributed by atoms with Crippen molar-refractivity contribution in [3.8, 4) is 0 Å². The molecule has 0 aliphatic carbocycles. The molecule has 194 valence electrons. The van der Waals surface area contributed by atoms with Crippen molar-refractivity contribution in [2.75, 3.05) is 0 Å². The van der Waals surface area contributed by atoms with Crippen molar-refractivity contribution in [1.29, 1.82) is 0 Å². The molecule has 37 heavy (non-hydrogen) atoms. The Bertz CT molecular complexity index is 2000. The number of hydrogen-bond donors (Lipinski definition) is 0. The van der Waals surface area contributed by atoms with E-state index in [4.69, 9.17) is 0 Å². The van der Waals surface area contributed by atoms with Crippen molar-refractivity contribution >= 4 is 11.6 Å². The van der Waals surface area contributed by atoms with Crippen LogP contribution in [0.1, 0.15) is 20.7 Å². The van der Waals surface area contributed by atoms with Gasteiger partial charge in [-0.3, -0.25) is 0 Å². The summed E-state index contributed by atoms with van der Waals surface area (Å²) in [5.74, 6) is -25.5. The number of Topliss-reactive ketones (excluding diaryl/α,β-unsaturated/α-hetero) is 2. The van der Waals surface area contributed by atoms with Gasteiger partial charge in [-0.2, -0.15) is 0 Å². The number of hydrogen-bond acceptors (Lipinski definition) is 2. The van der Waals surface area contributed by atoms with Crippen molar-refractivity contribution in [2.24, 2.45) is 0 Å². The normalized spacial score (nSPS) is 63.1. The molecule has 0 aromatic heterocycles. The summed E-state index contributed by atoms with van der Waals surface area (Å²) in [5, 5.41) is 0. The van der Waals surface area contributed by atoms with E-state index in [1.165, 1.54) is 0 Å². The Hall–Kier alpha value is -2.40. The van der Waals surface area contributed by atoms with Crippen LogP contribution >= 0.6 is 0 Å². The van der Waals surface area contributed by atoms with Crippen LogP contribution in [-0.4, -0.2) is 11.6 Å². The van der Waals surface area contributed by atoms with Crippen LogP contribution in [0.5, 0.6) is 0 Å². The van der Waals surface area contributed by atoms with Gasteiger partial charge in [0.15, 0.2) is 0 Å². The van der Waals surface area contributed by atoms with Gasteiger partial charge in [0.1, 0.15) is 0 Å². The number of benzene rings is 2. The molecule has 1 spiro atoms. The van der Waals surface area contributed by atoms with Gasteiger partial charge in [-0.1, -0.05) is 0 Å².